The summed E-state index contributed by atoms with van der Waals surface area (Å²) in [6.45, 7) is 3.01. The molecule has 0 saturated carbocycles. The summed E-state index contributed by atoms with van der Waals surface area (Å²) in [5, 5.41) is 13.3. The van der Waals surface area contributed by atoms with Crippen molar-refractivity contribution in [3.63, 3.8) is 0 Å². The average molecular weight is 547 g/mol. The maximum atomic E-state index is 12.7. The standard InChI is InChI=1S/C19H24BrN4O6PS/c1-11(18(25)23-10-13-9-22-12(2)24-17(13)21)16(7-8-30-31(27,28)29)32-19(26)14-5-3-4-6-15(14)20/h3-6,9,26,32H,7-8,10H2,1-2H3,(H,23,25)(H2,21,22,24)(H2,27,28,29)/b16-11-. The van der Waals surface area contributed by atoms with Crippen molar-refractivity contribution < 1.29 is 28.8 Å². The van der Waals surface area contributed by atoms with Gasteiger partial charge < -0.3 is 25.9 Å². The molecule has 2 rings (SSSR count). The van der Waals surface area contributed by atoms with Crippen LogP contribution in [0, 0.1) is 6.92 Å². The zero-order chi connectivity index (χ0) is 23.9. The molecular weight excluding hydrogens is 523 g/mol. The van der Waals surface area contributed by atoms with Gasteiger partial charge in [-0.3, -0.25) is 9.32 Å². The van der Waals surface area contributed by atoms with Gasteiger partial charge in [-0.25, -0.2) is 14.5 Å². The summed E-state index contributed by atoms with van der Waals surface area (Å²) in [4.78, 5) is 39.1. The smallest absolute Gasteiger partial charge is 0.383 e. The maximum absolute atomic E-state index is 12.7. The van der Waals surface area contributed by atoms with Crippen LogP contribution in [0.15, 0.2) is 45.4 Å². The van der Waals surface area contributed by atoms with E-state index in [0.717, 1.165) is 0 Å². The van der Waals surface area contributed by atoms with Gasteiger partial charge in [0.2, 0.25) is 5.91 Å². The van der Waals surface area contributed by atoms with Crippen molar-refractivity contribution >= 4 is 51.9 Å². The zero-order valence-corrected chi connectivity index (χ0v) is 20.7. The van der Waals surface area contributed by atoms with Gasteiger partial charge in [0.05, 0.1) is 6.61 Å². The number of aromatic nitrogens is 2. The van der Waals surface area contributed by atoms with Crippen LogP contribution in [0.25, 0.3) is 0 Å². The molecule has 1 amide bonds. The van der Waals surface area contributed by atoms with Crippen LogP contribution in [0.4, 0.5) is 5.82 Å². The highest BCUT2D eigenvalue weighted by Gasteiger charge is 2.16. The quantitative estimate of drug-likeness (QED) is 0.120. The second-order valence-electron chi connectivity index (χ2n) is 6.57. The first kappa shape index (κ1) is 26.3. The van der Waals surface area contributed by atoms with Crippen molar-refractivity contribution in [2.75, 3.05) is 12.3 Å². The Hall–Kier alpha value is -1.92. The van der Waals surface area contributed by atoms with E-state index in [0.29, 0.717) is 37.7 Å². The maximum Gasteiger partial charge on any atom is 0.469 e. The summed E-state index contributed by atoms with van der Waals surface area (Å²) in [6, 6.07) is 7.00. The molecular formula is C19H24BrN4O6PS. The van der Waals surface area contributed by atoms with E-state index in [1.54, 1.807) is 38.1 Å². The Balaban J connectivity index is 2.28. The number of carbonyl (C=O) groups excluding carboxylic acids is 1. The minimum absolute atomic E-state index is 0.0101. The van der Waals surface area contributed by atoms with Gasteiger partial charge in [0, 0.05) is 40.3 Å². The van der Waals surface area contributed by atoms with Crippen LogP contribution >= 0.6 is 35.1 Å². The normalized spacial score (nSPS) is 13.2. The Kier molecular flexibility index (Phi) is 9.71. The van der Waals surface area contributed by atoms with Crippen LogP contribution in [0.2, 0.25) is 0 Å². The first-order valence-electron chi connectivity index (χ1n) is 9.26. The number of nitrogens with one attached hydrogen (secondary N) is 1. The minimum atomic E-state index is -4.67. The van der Waals surface area contributed by atoms with Gasteiger partial charge in [-0.05, 0) is 24.8 Å². The van der Waals surface area contributed by atoms with Crippen molar-refractivity contribution in [2.45, 2.75) is 26.8 Å². The fourth-order valence-electron chi connectivity index (χ4n) is 2.51. The molecule has 0 spiro atoms. The first-order chi connectivity index (χ1) is 15.0. The van der Waals surface area contributed by atoms with E-state index in [1.807, 2.05) is 0 Å². The van der Waals surface area contributed by atoms with Gasteiger partial charge in [0.15, 0.2) is 0 Å². The number of aliphatic hydroxyl groups is 1. The van der Waals surface area contributed by atoms with Gasteiger partial charge in [-0.15, -0.1) is 11.4 Å². The molecule has 1 aromatic heterocycles. The van der Waals surface area contributed by atoms with Crippen molar-refractivity contribution in [3.05, 3.63) is 62.4 Å². The largest absolute Gasteiger partial charge is 0.469 e. The molecule has 174 valence electrons. The topological polar surface area (TPSA) is 168 Å². The number of nitrogen functional groups attached to an aromatic ring is 1. The summed E-state index contributed by atoms with van der Waals surface area (Å²) in [6.07, 6.45) is 1.53. The third kappa shape index (κ3) is 8.21. The van der Waals surface area contributed by atoms with E-state index in [2.05, 4.69) is 35.7 Å². The fraction of sp³-hybridized carbons (Fsp3) is 0.263. The molecule has 0 unspecified atom stereocenters. The van der Waals surface area contributed by atoms with E-state index >= 15 is 0 Å². The number of thiol groups is 1. The number of anilines is 1. The number of aryl methyl sites for hydroxylation is 1. The summed E-state index contributed by atoms with van der Waals surface area (Å²) >= 11 is 3.66. The lowest BCUT2D eigenvalue weighted by atomic mass is 10.2. The van der Waals surface area contributed by atoms with Crippen molar-refractivity contribution in [2.24, 2.45) is 0 Å². The Morgan fingerprint density at radius 3 is 2.66 bits per heavy atom. The Labute approximate surface area is 197 Å². The Bertz CT molecular complexity index is 1100. The van der Waals surface area contributed by atoms with Gasteiger partial charge in [0.1, 0.15) is 16.7 Å². The lowest BCUT2D eigenvalue weighted by molar-refractivity contribution is -0.117. The predicted molar refractivity (Wildman–Crippen MR) is 128 cm³/mol. The molecule has 2 aromatic rings. The number of aliphatic hydroxyl groups excluding tert-OH is 1. The molecule has 0 saturated heterocycles. The van der Waals surface area contributed by atoms with Crippen molar-refractivity contribution in [1.82, 2.24) is 15.3 Å². The van der Waals surface area contributed by atoms with Crippen molar-refractivity contribution in [1.29, 1.82) is 0 Å². The summed E-state index contributed by atoms with van der Waals surface area (Å²) in [5.41, 5.74) is 7.19. The molecule has 0 bridgehead atoms. The number of amides is 1. The van der Waals surface area contributed by atoms with Crippen LogP contribution in [0.3, 0.4) is 0 Å². The summed E-state index contributed by atoms with van der Waals surface area (Å²) in [7, 11) is -4.67. The predicted octanol–water partition coefficient (Wildman–Crippen LogP) is 2.72. The van der Waals surface area contributed by atoms with Gasteiger partial charge in [-0.1, -0.05) is 34.1 Å². The number of hydrogen-bond donors (Lipinski definition) is 6. The Morgan fingerprint density at radius 1 is 1.34 bits per heavy atom. The number of phosphoric acid groups is 1. The number of carbonyl (C=O) groups is 1. The van der Waals surface area contributed by atoms with E-state index in [-0.39, 0.29) is 36.0 Å². The molecule has 32 heavy (non-hydrogen) atoms. The number of phosphoric ester groups is 1. The average Bonchev–Trinajstić information content (AvgIpc) is 2.71. The number of halogens is 1. The molecule has 1 heterocycles. The van der Waals surface area contributed by atoms with Crippen LogP contribution in [-0.2, 0) is 20.4 Å². The molecule has 0 radical (unpaired) electrons. The van der Waals surface area contributed by atoms with Gasteiger partial charge in [0.25, 0.3) is 0 Å². The molecule has 13 heteroatoms. The van der Waals surface area contributed by atoms with Crippen LogP contribution in [0.5, 0.6) is 0 Å². The summed E-state index contributed by atoms with van der Waals surface area (Å²) < 4.78 is 16.2. The van der Waals surface area contributed by atoms with E-state index in [4.69, 9.17) is 15.5 Å². The molecule has 0 fully saturated rings. The molecule has 0 aliphatic rings. The number of hydrogen-bond acceptors (Lipinski definition) is 6. The molecule has 10 nitrogen and oxygen atoms in total. The number of rotatable bonds is 9. The summed E-state index contributed by atoms with van der Waals surface area (Å²) in [5.74, 6) is 0.328. The van der Waals surface area contributed by atoms with Gasteiger partial charge in [-0.2, -0.15) is 0 Å². The lowest BCUT2D eigenvalue weighted by Crippen LogP contribution is -2.25. The molecule has 0 atom stereocenters. The Morgan fingerprint density at radius 2 is 2.03 bits per heavy atom. The highest BCUT2D eigenvalue weighted by atomic mass is 79.9. The third-order valence-electron chi connectivity index (χ3n) is 4.19. The molecule has 0 aliphatic heterocycles. The SMILES string of the molecule is C/C(C(=O)NCc1cnc(C)nc1N)=C(CCOP(=O)(O)O)/[SH]=C(\O)c1ccccc1Br. The highest BCUT2D eigenvalue weighted by Crippen LogP contribution is 2.36. The number of benzene rings is 1. The van der Waals surface area contributed by atoms with E-state index in [1.165, 1.54) is 6.20 Å². The van der Waals surface area contributed by atoms with Crippen LogP contribution in [0.1, 0.15) is 30.3 Å². The fourth-order valence-corrected chi connectivity index (χ4v) is 4.51. The van der Waals surface area contributed by atoms with Crippen LogP contribution < -0.4 is 11.1 Å². The minimum Gasteiger partial charge on any atom is -0.383 e. The van der Waals surface area contributed by atoms with E-state index in [9.17, 15) is 14.5 Å². The monoisotopic (exact) mass is 546 g/mol. The van der Waals surface area contributed by atoms with Crippen LogP contribution in [-0.4, -0.2) is 42.4 Å². The van der Waals surface area contributed by atoms with Crippen molar-refractivity contribution in [3.8, 4) is 0 Å². The molecule has 6 N–H and O–H groups in total. The number of nitrogens with two attached hydrogens (primary N) is 1. The second kappa shape index (κ2) is 11.8. The highest BCUT2D eigenvalue weighted by molar-refractivity contribution is 9.10. The van der Waals surface area contributed by atoms with E-state index < -0.39 is 13.7 Å². The second-order valence-corrected chi connectivity index (χ2v) is 9.85. The lowest BCUT2D eigenvalue weighted by Gasteiger charge is -2.13. The third-order valence-corrected chi connectivity index (χ3v) is 6.68. The number of nitrogens with zero attached hydrogens (tertiary/aromatic N) is 2. The molecule has 1 aromatic carbocycles. The first-order valence-corrected chi connectivity index (χ1v) is 12.5. The van der Waals surface area contributed by atoms with Gasteiger partial charge >= 0.3 is 7.82 Å². The molecule has 0 aliphatic carbocycles. The zero-order valence-electron chi connectivity index (χ0n) is 17.3.